The summed E-state index contributed by atoms with van der Waals surface area (Å²) in [7, 11) is -4.62. The SMILES string of the molecule is Cc1cccc(OP(=O)(O)O)c1-c1ccnnn1. The van der Waals surface area contributed by atoms with Gasteiger partial charge in [0.2, 0.25) is 0 Å². The van der Waals surface area contributed by atoms with Gasteiger partial charge in [-0.2, -0.15) is 0 Å². The summed E-state index contributed by atoms with van der Waals surface area (Å²) in [6, 6.07) is 6.47. The lowest BCUT2D eigenvalue weighted by molar-refractivity contribution is 0.283. The molecule has 2 aromatic rings. The molecule has 0 atom stereocenters. The fraction of sp³-hybridized carbons (Fsp3) is 0.100. The molecular formula is C10H10N3O4P. The van der Waals surface area contributed by atoms with Gasteiger partial charge in [0.15, 0.2) is 0 Å². The van der Waals surface area contributed by atoms with Crippen LogP contribution in [0.1, 0.15) is 5.56 Å². The highest BCUT2D eigenvalue weighted by atomic mass is 31.2. The number of benzene rings is 1. The van der Waals surface area contributed by atoms with E-state index in [-0.39, 0.29) is 5.75 Å². The smallest absolute Gasteiger partial charge is 0.404 e. The van der Waals surface area contributed by atoms with Crippen LogP contribution in [-0.4, -0.2) is 25.2 Å². The maximum Gasteiger partial charge on any atom is 0.524 e. The Labute approximate surface area is 103 Å². The first-order valence-electron chi connectivity index (χ1n) is 4.97. The summed E-state index contributed by atoms with van der Waals surface area (Å²) in [4.78, 5) is 17.7. The van der Waals surface area contributed by atoms with Gasteiger partial charge in [-0.3, -0.25) is 9.79 Å². The topological polar surface area (TPSA) is 105 Å². The Bertz CT molecular complexity index is 599. The van der Waals surface area contributed by atoms with Crippen molar-refractivity contribution >= 4 is 7.82 Å². The molecule has 8 heteroatoms. The van der Waals surface area contributed by atoms with E-state index >= 15 is 0 Å². The fourth-order valence-electron chi connectivity index (χ4n) is 1.55. The molecule has 18 heavy (non-hydrogen) atoms. The largest absolute Gasteiger partial charge is 0.524 e. The molecule has 0 bridgehead atoms. The lowest BCUT2D eigenvalue weighted by Crippen LogP contribution is -1.97. The van der Waals surface area contributed by atoms with E-state index < -0.39 is 7.82 Å². The van der Waals surface area contributed by atoms with Crippen LogP contribution in [0.2, 0.25) is 0 Å². The zero-order chi connectivity index (χ0) is 13.2. The van der Waals surface area contributed by atoms with Gasteiger partial charge < -0.3 is 4.52 Å². The van der Waals surface area contributed by atoms with Crippen LogP contribution >= 0.6 is 7.82 Å². The minimum absolute atomic E-state index is 0.0591. The first-order chi connectivity index (χ1) is 8.47. The molecule has 2 N–H and O–H groups in total. The Balaban J connectivity index is 2.55. The molecule has 7 nitrogen and oxygen atoms in total. The van der Waals surface area contributed by atoms with Gasteiger partial charge in [0.05, 0.1) is 6.20 Å². The van der Waals surface area contributed by atoms with Crippen LogP contribution in [0.3, 0.4) is 0 Å². The molecule has 0 amide bonds. The predicted octanol–water partition coefficient (Wildman–Crippen LogP) is 1.32. The van der Waals surface area contributed by atoms with Crippen LogP contribution < -0.4 is 4.52 Å². The Kier molecular flexibility index (Phi) is 3.38. The molecule has 2 rings (SSSR count). The lowest BCUT2D eigenvalue weighted by Gasteiger charge is -2.12. The molecule has 0 unspecified atom stereocenters. The molecule has 1 aromatic heterocycles. The number of aryl methyl sites for hydroxylation is 1. The van der Waals surface area contributed by atoms with E-state index in [0.717, 1.165) is 5.56 Å². The molecule has 0 fully saturated rings. The van der Waals surface area contributed by atoms with Gasteiger partial charge in [0.1, 0.15) is 11.4 Å². The minimum Gasteiger partial charge on any atom is -0.404 e. The molecule has 0 saturated heterocycles. The first-order valence-corrected chi connectivity index (χ1v) is 6.50. The quantitative estimate of drug-likeness (QED) is 0.807. The Hall–Kier alpha value is -1.82. The number of hydrogen-bond donors (Lipinski definition) is 2. The molecule has 0 aliphatic rings. The Morgan fingerprint density at radius 2 is 2.06 bits per heavy atom. The van der Waals surface area contributed by atoms with Gasteiger partial charge in [-0.25, -0.2) is 4.57 Å². The Morgan fingerprint density at radius 3 is 2.67 bits per heavy atom. The van der Waals surface area contributed by atoms with Crippen LogP contribution in [0.5, 0.6) is 5.75 Å². The van der Waals surface area contributed by atoms with Gasteiger partial charge in [-0.1, -0.05) is 12.1 Å². The molecule has 0 saturated carbocycles. The summed E-state index contributed by atoms with van der Waals surface area (Å²) in [6.07, 6.45) is 1.44. The van der Waals surface area contributed by atoms with Crippen molar-refractivity contribution in [2.45, 2.75) is 6.92 Å². The number of phosphoric ester groups is 1. The standard InChI is InChI=1S/C10H10N3O4P/c1-7-3-2-4-9(17-18(14,15)16)10(7)8-5-6-11-13-12-8/h2-6H,1H3,(H2,14,15,16). The van der Waals surface area contributed by atoms with Gasteiger partial charge >= 0.3 is 7.82 Å². The maximum atomic E-state index is 10.9. The second kappa shape index (κ2) is 4.81. The number of phosphoric acid groups is 1. The van der Waals surface area contributed by atoms with E-state index in [2.05, 4.69) is 19.9 Å². The highest BCUT2D eigenvalue weighted by molar-refractivity contribution is 7.46. The van der Waals surface area contributed by atoms with Crippen molar-refractivity contribution in [2.24, 2.45) is 0 Å². The molecule has 1 aromatic carbocycles. The van der Waals surface area contributed by atoms with E-state index in [1.807, 2.05) is 0 Å². The second-order valence-corrected chi connectivity index (χ2v) is 4.70. The van der Waals surface area contributed by atoms with Crippen LogP contribution in [0.4, 0.5) is 0 Å². The molecule has 0 spiro atoms. The van der Waals surface area contributed by atoms with E-state index in [9.17, 15) is 4.57 Å². The number of aromatic nitrogens is 3. The third-order valence-corrected chi connectivity index (χ3v) is 2.65. The van der Waals surface area contributed by atoms with E-state index in [1.165, 1.54) is 12.3 Å². The molecular weight excluding hydrogens is 257 g/mol. The summed E-state index contributed by atoms with van der Waals surface area (Å²) in [5.74, 6) is 0.0591. The van der Waals surface area contributed by atoms with Crippen molar-refractivity contribution in [1.29, 1.82) is 0 Å². The predicted molar refractivity (Wildman–Crippen MR) is 62.7 cm³/mol. The minimum atomic E-state index is -4.62. The fourth-order valence-corrected chi connectivity index (χ4v) is 1.96. The monoisotopic (exact) mass is 267 g/mol. The first kappa shape index (κ1) is 12.6. The average molecular weight is 267 g/mol. The Morgan fingerprint density at radius 1 is 1.28 bits per heavy atom. The van der Waals surface area contributed by atoms with Crippen molar-refractivity contribution in [1.82, 2.24) is 15.4 Å². The summed E-state index contributed by atoms with van der Waals surface area (Å²) < 4.78 is 15.6. The van der Waals surface area contributed by atoms with Crippen LogP contribution in [-0.2, 0) is 4.57 Å². The highest BCUT2D eigenvalue weighted by Gasteiger charge is 2.20. The molecule has 0 aliphatic carbocycles. The third-order valence-electron chi connectivity index (χ3n) is 2.21. The van der Waals surface area contributed by atoms with Crippen molar-refractivity contribution in [3.8, 4) is 17.0 Å². The zero-order valence-electron chi connectivity index (χ0n) is 9.39. The van der Waals surface area contributed by atoms with Gasteiger partial charge in [0, 0.05) is 5.56 Å². The van der Waals surface area contributed by atoms with Gasteiger partial charge in [-0.05, 0) is 29.8 Å². The van der Waals surface area contributed by atoms with Crippen molar-refractivity contribution in [3.63, 3.8) is 0 Å². The highest BCUT2D eigenvalue weighted by Crippen LogP contribution is 2.42. The summed E-state index contributed by atoms with van der Waals surface area (Å²) in [5, 5.41) is 10.8. The molecule has 1 heterocycles. The number of nitrogens with zero attached hydrogens (tertiary/aromatic N) is 3. The van der Waals surface area contributed by atoms with Crippen LogP contribution in [0, 0.1) is 6.92 Å². The van der Waals surface area contributed by atoms with Gasteiger partial charge in [-0.15, -0.1) is 10.2 Å². The van der Waals surface area contributed by atoms with Crippen molar-refractivity contribution in [3.05, 3.63) is 36.0 Å². The second-order valence-electron chi connectivity index (χ2n) is 3.54. The van der Waals surface area contributed by atoms with Crippen LogP contribution in [0.25, 0.3) is 11.3 Å². The molecule has 94 valence electrons. The van der Waals surface area contributed by atoms with Gasteiger partial charge in [0.25, 0.3) is 0 Å². The normalized spacial score (nSPS) is 11.3. The van der Waals surface area contributed by atoms with E-state index in [0.29, 0.717) is 11.3 Å². The summed E-state index contributed by atoms with van der Waals surface area (Å²) >= 11 is 0. The van der Waals surface area contributed by atoms with Crippen molar-refractivity contribution < 1.29 is 18.9 Å². The summed E-state index contributed by atoms with van der Waals surface area (Å²) in [6.45, 7) is 1.78. The lowest BCUT2D eigenvalue weighted by atomic mass is 10.0. The third kappa shape index (κ3) is 2.89. The van der Waals surface area contributed by atoms with Crippen LogP contribution in [0.15, 0.2) is 30.5 Å². The number of hydrogen-bond acceptors (Lipinski definition) is 5. The van der Waals surface area contributed by atoms with Crippen molar-refractivity contribution in [2.75, 3.05) is 0 Å². The summed E-state index contributed by atoms with van der Waals surface area (Å²) in [5.41, 5.74) is 1.68. The molecule has 0 radical (unpaired) electrons. The van der Waals surface area contributed by atoms with E-state index in [4.69, 9.17) is 9.79 Å². The van der Waals surface area contributed by atoms with E-state index in [1.54, 1.807) is 25.1 Å². The average Bonchev–Trinajstić information content (AvgIpc) is 2.28. The zero-order valence-corrected chi connectivity index (χ0v) is 10.3. The molecule has 0 aliphatic heterocycles. The maximum absolute atomic E-state index is 10.9. The number of rotatable bonds is 3.